The standard InChI is InChI=1S/C23H30N2O2S/c1-16-5-7-20(8-6-16)28(27)24-11-12-25-15-23(9-4-10-23)14-19-13-21(26)17(2)18(3)22(19)25/h5-8,13,24,26H,4,9-12,14-15H2,1-3H3. The molecule has 5 heteroatoms. The van der Waals surface area contributed by atoms with E-state index in [1.165, 1.54) is 41.6 Å². The number of anilines is 1. The lowest BCUT2D eigenvalue weighted by Crippen LogP contribution is -2.49. The summed E-state index contributed by atoms with van der Waals surface area (Å²) in [6.45, 7) is 8.67. The molecule has 0 amide bonds. The molecule has 0 saturated heterocycles. The molecular formula is C23H30N2O2S. The number of fused-ring (bicyclic) bond motifs is 1. The van der Waals surface area contributed by atoms with E-state index in [0.29, 0.717) is 17.7 Å². The van der Waals surface area contributed by atoms with Crippen LogP contribution < -0.4 is 9.62 Å². The van der Waals surface area contributed by atoms with Crippen molar-refractivity contribution in [2.45, 2.75) is 51.3 Å². The van der Waals surface area contributed by atoms with E-state index >= 15 is 0 Å². The Kier molecular flexibility index (Phi) is 5.23. The van der Waals surface area contributed by atoms with Gasteiger partial charge in [-0.15, -0.1) is 0 Å². The Hall–Kier alpha value is -1.85. The largest absolute Gasteiger partial charge is 0.508 e. The number of nitrogens with zero attached hydrogens (tertiary/aromatic N) is 1. The SMILES string of the molecule is Cc1ccc(S(=O)NCCN2CC3(CCC3)Cc3cc(O)c(C)c(C)c32)cc1. The molecule has 1 aliphatic heterocycles. The van der Waals surface area contributed by atoms with Gasteiger partial charge in [-0.25, -0.2) is 8.93 Å². The van der Waals surface area contributed by atoms with E-state index < -0.39 is 11.0 Å². The van der Waals surface area contributed by atoms with Gasteiger partial charge in [0, 0.05) is 25.3 Å². The molecule has 2 aromatic rings. The highest BCUT2D eigenvalue weighted by molar-refractivity contribution is 7.83. The van der Waals surface area contributed by atoms with Crippen molar-refractivity contribution < 1.29 is 9.32 Å². The Morgan fingerprint density at radius 1 is 1.14 bits per heavy atom. The number of hydrogen-bond donors (Lipinski definition) is 2. The number of benzene rings is 2. The minimum atomic E-state index is -1.19. The van der Waals surface area contributed by atoms with Crippen molar-refractivity contribution in [1.29, 1.82) is 0 Å². The summed E-state index contributed by atoms with van der Waals surface area (Å²) in [4.78, 5) is 3.27. The van der Waals surface area contributed by atoms with Crippen molar-refractivity contribution in [1.82, 2.24) is 4.72 Å². The molecule has 1 unspecified atom stereocenters. The first-order valence-corrected chi connectivity index (χ1v) is 11.3. The molecule has 2 aliphatic rings. The van der Waals surface area contributed by atoms with Gasteiger partial charge >= 0.3 is 0 Å². The zero-order valence-corrected chi connectivity index (χ0v) is 17.9. The first-order chi connectivity index (χ1) is 13.4. The fraction of sp³-hybridized carbons (Fsp3) is 0.478. The number of phenols is 1. The maximum atomic E-state index is 12.6. The van der Waals surface area contributed by atoms with Gasteiger partial charge in [0.05, 0.1) is 4.90 Å². The second kappa shape index (κ2) is 7.53. The third kappa shape index (κ3) is 3.58. The van der Waals surface area contributed by atoms with E-state index in [0.717, 1.165) is 30.0 Å². The van der Waals surface area contributed by atoms with Gasteiger partial charge in [-0.3, -0.25) is 0 Å². The zero-order valence-electron chi connectivity index (χ0n) is 17.0. The predicted octanol–water partition coefficient (Wildman–Crippen LogP) is 4.16. The lowest BCUT2D eigenvalue weighted by molar-refractivity contribution is 0.134. The van der Waals surface area contributed by atoms with Gasteiger partial charge < -0.3 is 10.0 Å². The van der Waals surface area contributed by atoms with Crippen molar-refractivity contribution in [3.05, 3.63) is 52.6 Å². The molecule has 2 N–H and O–H groups in total. The van der Waals surface area contributed by atoms with Crippen LogP contribution in [0.2, 0.25) is 0 Å². The monoisotopic (exact) mass is 398 g/mol. The third-order valence-corrected chi connectivity index (χ3v) is 7.76. The lowest BCUT2D eigenvalue weighted by atomic mass is 9.63. The van der Waals surface area contributed by atoms with Gasteiger partial charge in [0.25, 0.3) is 0 Å². The van der Waals surface area contributed by atoms with Crippen LogP contribution in [0.4, 0.5) is 5.69 Å². The highest BCUT2D eigenvalue weighted by atomic mass is 32.2. The van der Waals surface area contributed by atoms with E-state index in [4.69, 9.17) is 0 Å². The predicted molar refractivity (Wildman–Crippen MR) is 115 cm³/mol. The summed E-state index contributed by atoms with van der Waals surface area (Å²) in [6, 6.07) is 9.81. The molecule has 4 nitrogen and oxygen atoms in total. The second-order valence-corrected chi connectivity index (χ2v) is 9.88. The molecule has 2 aromatic carbocycles. The Morgan fingerprint density at radius 3 is 2.50 bits per heavy atom. The van der Waals surface area contributed by atoms with Gasteiger partial charge in [-0.2, -0.15) is 0 Å². The Labute approximate surface area is 170 Å². The summed E-state index contributed by atoms with van der Waals surface area (Å²) in [7, 11) is -1.19. The Morgan fingerprint density at radius 2 is 1.86 bits per heavy atom. The molecule has 150 valence electrons. The third-order valence-electron chi connectivity index (χ3n) is 6.59. The fourth-order valence-electron chi connectivity index (χ4n) is 4.69. The number of hydrogen-bond acceptors (Lipinski definition) is 3. The van der Waals surface area contributed by atoms with E-state index in [-0.39, 0.29) is 0 Å². The summed E-state index contributed by atoms with van der Waals surface area (Å²) in [5, 5.41) is 10.3. The van der Waals surface area contributed by atoms with Crippen LogP contribution in [0.5, 0.6) is 5.75 Å². The fourth-order valence-corrected chi connectivity index (χ4v) is 5.52. The molecular weight excluding hydrogens is 368 g/mol. The maximum absolute atomic E-state index is 12.6. The number of rotatable bonds is 5. The summed E-state index contributed by atoms with van der Waals surface area (Å²) >= 11 is 0. The first-order valence-electron chi connectivity index (χ1n) is 10.2. The van der Waals surface area contributed by atoms with Crippen molar-refractivity contribution in [2.24, 2.45) is 5.41 Å². The Bertz CT molecular complexity index is 904. The number of nitrogens with one attached hydrogen (secondary N) is 1. The second-order valence-electron chi connectivity index (χ2n) is 8.58. The van der Waals surface area contributed by atoms with Gasteiger partial charge in [0.1, 0.15) is 16.7 Å². The minimum absolute atomic E-state index is 0.358. The maximum Gasteiger partial charge on any atom is 0.124 e. The molecule has 1 aliphatic carbocycles. The molecule has 0 aromatic heterocycles. The van der Waals surface area contributed by atoms with Crippen LogP contribution in [0, 0.1) is 26.2 Å². The number of aromatic hydroxyl groups is 1. The summed E-state index contributed by atoms with van der Waals surface area (Å²) < 4.78 is 15.7. The van der Waals surface area contributed by atoms with Crippen LogP contribution >= 0.6 is 0 Å². The van der Waals surface area contributed by atoms with Gasteiger partial charge in [-0.1, -0.05) is 24.1 Å². The quantitative estimate of drug-likeness (QED) is 0.795. The first kappa shape index (κ1) is 19.5. The van der Waals surface area contributed by atoms with Crippen molar-refractivity contribution in [3.63, 3.8) is 0 Å². The minimum Gasteiger partial charge on any atom is -0.508 e. The summed E-state index contributed by atoms with van der Waals surface area (Å²) in [5.41, 5.74) is 6.21. The molecule has 1 fully saturated rings. The molecule has 1 atom stereocenters. The lowest BCUT2D eigenvalue weighted by Gasteiger charge is -2.50. The van der Waals surface area contributed by atoms with Crippen molar-refractivity contribution >= 4 is 16.7 Å². The molecule has 1 saturated carbocycles. The van der Waals surface area contributed by atoms with E-state index in [9.17, 15) is 9.32 Å². The van der Waals surface area contributed by atoms with Gasteiger partial charge in [-0.05, 0) is 80.3 Å². The van der Waals surface area contributed by atoms with Crippen molar-refractivity contribution in [3.8, 4) is 5.75 Å². The molecule has 1 spiro atoms. The van der Waals surface area contributed by atoms with Crippen molar-refractivity contribution in [2.75, 3.05) is 24.5 Å². The van der Waals surface area contributed by atoms with Crippen LogP contribution in [0.25, 0.3) is 0 Å². The van der Waals surface area contributed by atoms with E-state index in [1.54, 1.807) is 0 Å². The smallest absolute Gasteiger partial charge is 0.124 e. The van der Waals surface area contributed by atoms with Crippen LogP contribution in [-0.2, 0) is 17.4 Å². The average Bonchev–Trinajstić information content (AvgIpc) is 2.65. The summed E-state index contributed by atoms with van der Waals surface area (Å²) in [5.74, 6) is 0.408. The molecule has 0 radical (unpaired) electrons. The number of phenolic OH excluding ortho intramolecular Hbond substituents is 1. The molecule has 1 heterocycles. The van der Waals surface area contributed by atoms with Crippen LogP contribution in [0.15, 0.2) is 35.2 Å². The zero-order chi connectivity index (χ0) is 19.9. The van der Waals surface area contributed by atoms with Gasteiger partial charge in [0.15, 0.2) is 0 Å². The number of aryl methyl sites for hydroxylation is 1. The molecule has 4 rings (SSSR count). The van der Waals surface area contributed by atoms with E-state index in [2.05, 4.69) is 16.5 Å². The molecule has 28 heavy (non-hydrogen) atoms. The normalized spacial score (nSPS) is 18.6. The van der Waals surface area contributed by atoms with E-state index in [1.807, 2.05) is 44.2 Å². The topological polar surface area (TPSA) is 52.6 Å². The highest BCUT2D eigenvalue weighted by Crippen LogP contribution is 2.51. The Balaban J connectivity index is 1.50. The summed E-state index contributed by atoms with van der Waals surface area (Å²) in [6.07, 6.45) is 4.89. The average molecular weight is 399 g/mol. The highest BCUT2D eigenvalue weighted by Gasteiger charge is 2.43. The van der Waals surface area contributed by atoms with Crippen LogP contribution in [-0.4, -0.2) is 28.9 Å². The van der Waals surface area contributed by atoms with Crippen LogP contribution in [0.1, 0.15) is 41.5 Å². The molecule has 0 bridgehead atoms. The van der Waals surface area contributed by atoms with Gasteiger partial charge in [0.2, 0.25) is 0 Å². The van der Waals surface area contributed by atoms with Crippen LogP contribution in [0.3, 0.4) is 0 Å².